The van der Waals surface area contributed by atoms with Gasteiger partial charge in [-0.3, -0.25) is 9.59 Å². The Labute approximate surface area is 394 Å². The zero-order valence-electron chi connectivity index (χ0n) is 42.2. The smallest absolute Gasteiger partial charge is 0.362 e. The molecular formula is C56H100NO7+. The van der Waals surface area contributed by atoms with Crippen LogP contribution in [0.25, 0.3) is 0 Å². The summed E-state index contributed by atoms with van der Waals surface area (Å²) in [7, 11) is 5.53. The first-order valence-electron chi connectivity index (χ1n) is 26.3. The molecule has 0 aromatic heterocycles. The Kier molecular flexibility index (Phi) is 44.4. The Bertz CT molecular complexity index is 1230. The number of quaternary nitrogens is 1. The summed E-state index contributed by atoms with van der Waals surface area (Å²) in [6.07, 6.45) is 58.5. The van der Waals surface area contributed by atoms with Crippen LogP contribution in [0.1, 0.15) is 226 Å². The van der Waals surface area contributed by atoms with Crippen LogP contribution in [0.2, 0.25) is 0 Å². The maximum atomic E-state index is 12.8. The van der Waals surface area contributed by atoms with Gasteiger partial charge in [0.05, 0.1) is 34.4 Å². The summed E-state index contributed by atoms with van der Waals surface area (Å²) < 4.78 is 17.3. The van der Waals surface area contributed by atoms with Gasteiger partial charge in [0.1, 0.15) is 6.61 Å². The van der Waals surface area contributed by atoms with E-state index in [1.165, 1.54) is 116 Å². The largest absolute Gasteiger partial charge is 0.477 e. The third-order valence-electron chi connectivity index (χ3n) is 11.7. The summed E-state index contributed by atoms with van der Waals surface area (Å²) in [5.41, 5.74) is 0. The van der Waals surface area contributed by atoms with Crippen LogP contribution in [0.4, 0.5) is 0 Å². The summed E-state index contributed by atoms with van der Waals surface area (Å²) in [6.45, 7) is 4.62. The van der Waals surface area contributed by atoms with E-state index >= 15 is 0 Å². The molecule has 0 spiro atoms. The summed E-state index contributed by atoms with van der Waals surface area (Å²) in [5.74, 6) is -1.50. The molecule has 8 nitrogen and oxygen atoms in total. The quantitative estimate of drug-likeness (QED) is 0.0281. The molecule has 2 atom stereocenters. The molecule has 370 valence electrons. The zero-order valence-corrected chi connectivity index (χ0v) is 42.2. The molecule has 0 bridgehead atoms. The van der Waals surface area contributed by atoms with Crippen LogP contribution in [0.3, 0.4) is 0 Å². The van der Waals surface area contributed by atoms with Crippen molar-refractivity contribution in [3.8, 4) is 0 Å². The van der Waals surface area contributed by atoms with E-state index in [-0.39, 0.29) is 36.2 Å². The van der Waals surface area contributed by atoms with E-state index in [9.17, 15) is 19.5 Å². The standard InChI is InChI=1S/C56H99NO7/c1-6-8-10-12-14-16-18-20-22-24-26-27-29-31-33-35-37-39-41-43-45-47-55(59)64-52(50-62-49-48-53(56(60)61)57(3,4)5)51-63-54(58)46-44-42-40-38-36-34-32-30-28-25-23-21-19-17-15-13-11-9-7-2/h9,11,15,17,21,23,28,30,34,36,52-53H,6-8,10,12-14,16,18-20,22,24-27,29,31-33,35,37-51H2,1-5H3/p+1/b11-9+,17-15+,23-21+,30-28+,36-34+. The number of ether oxygens (including phenoxy) is 3. The second-order valence-corrected chi connectivity index (χ2v) is 18.8. The van der Waals surface area contributed by atoms with Gasteiger partial charge in [0.2, 0.25) is 0 Å². The van der Waals surface area contributed by atoms with Crippen molar-refractivity contribution in [1.82, 2.24) is 0 Å². The molecule has 1 N–H and O–H groups in total. The number of carbonyl (C=O) groups excluding carboxylic acids is 2. The van der Waals surface area contributed by atoms with E-state index in [1.54, 1.807) is 0 Å². The van der Waals surface area contributed by atoms with Crippen LogP contribution in [0.5, 0.6) is 0 Å². The van der Waals surface area contributed by atoms with Crippen LogP contribution >= 0.6 is 0 Å². The molecule has 0 saturated carbocycles. The molecule has 0 amide bonds. The summed E-state index contributed by atoms with van der Waals surface area (Å²) >= 11 is 0. The van der Waals surface area contributed by atoms with Gasteiger partial charge in [-0.1, -0.05) is 209 Å². The van der Waals surface area contributed by atoms with Gasteiger partial charge < -0.3 is 23.8 Å². The Balaban J connectivity index is 4.27. The Hall–Kier alpha value is -2.97. The van der Waals surface area contributed by atoms with Crippen molar-refractivity contribution >= 4 is 17.9 Å². The molecule has 2 unspecified atom stereocenters. The zero-order chi connectivity index (χ0) is 47.0. The third-order valence-corrected chi connectivity index (χ3v) is 11.7. The van der Waals surface area contributed by atoms with Gasteiger partial charge >= 0.3 is 17.9 Å². The predicted octanol–water partition coefficient (Wildman–Crippen LogP) is 15.3. The minimum Gasteiger partial charge on any atom is -0.477 e. The number of carbonyl (C=O) groups is 3. The number of esters is 2. The molecule has 0 saturated heterocycles. The lowest BCUT2D eigenvalue weighted by Crippen LogP contribution is -2.50. The number of unbranched alkanes of at least 4 members (excludes halogenated alkanes) is 23. The number of aliphatic carboxylic acids is 1. The molecule has 0 fully saturated rings. The van der Waals surface area contributed by atoms with Gasteiger partial charge in [-0.15, -0.1) is 0 Å². The second-order valence-electron chi connectivity index (χ2n) is 18.8. The number of hydrogen-bond donors (Lipinski definition) is 1. The monoisotopic (exact) mass is 899 g/mol. The topological polar surface area (TPSA) is 99.1 Å². The maximum Gasteiger partial charge on any atom is 0.362 e. The molecule has 0 aromatic rings. The molecule has 0 aliphatic rings. The Morgan fingerprint density at radius 2 is 0.875 bits per heavy atom. The fourth-order valence-electron chi connectivity index (χ4n) is 7.65. The van der Waals surface area contributed by atoms with E-state index in [1.807, 2.05) is 21.1 Å². The van der Waals surface area contributed by atoms with E-state index in [4.69, 9.17) is 14.2 Å². The van der Waals surface area contributed by atoms with Crippen molar-refractivity contribution < 1.29 is 38.2 Å². The van der Waals surface area contributed by atoms with Crippen molar-refractivity contribution in [3.63, 3.8) is 0 Å². The Morgan fingerprint density at radius 3 is 1.30 bits per heavy atom. The molecule has 0 heterocycles. The van der Waals surface area contributed by atoms with Crippen molar-refractivity contribution in [3.05, 3.63) is 60.8 Å². The predicted molar refractivity (Wildman–Crippen MR) is 271 cm³/mol. The van der Waals surface area contributed by atoms with E-state index < -0.39 is 18.1 Å². The lowest BCUT2D eigenvalue weighted by molar-refractivity contribution is -0.887. The average Bonchev–Trinajstić information content (AvgIpc) is 3.26. The lowest BCUT2D eigenvalue weighted by atomic mass is 10.0. The van der Waals surface area contributed by atoms with Crippen LogP contribution < -0.4 is 0 Å². The number of rotatable bonds is 47. The summed E-state index contributed by atoms with van der Waals surface area (Å²) in [4.78, 5) is 37.2. The molecule has 8 heteroatoms. The Morgan fingerprint density at radius 1 is 0.484 bits per heavy atom. The van der Waals surface area contributed by atoms with Crippen LogP contribution in [-0.4, -0.2) is 80.6 Å². The van der Waals surface area contributed by atoms with Gasteiger partial charge in [-0.05, 0) is 57.8 Å². The van der Waals surface area contributed by atoms with E-state index in [2.05, 4.69) is 74.6 Å². The molecule has 0 rings (SSSR count). The van der Waals surface area contributed by atoms with Crippen molar-refractivity contribution in [2.45, 2.75) is 238 Å². The fraction of sp³-hybridized carbons (Fsp3) is 0.768. The number of nitrogens with zero attached hydrogens (tertiary/aromatic N) is 1. The third kappa shape index (κ3) is 44.2. The summed E-state index contributed by atoms with van der Waals surface area (Å²) in [6, 6.07) is -0.621. The number of hydrogen-bond acceptors (Lipinski definition) is 6. The minimum atomic E-state index is -0.879. The molecular weight excluding hydrogens is 799 g/mol. The van der Waals surface area contributed by atoms with Gasteiger partial charge in [0.25, 0.3) is 0 Å². The normalized spacial score (nSPS) is 13.3. The van der Waals surface area contributed by atoms with Crippen LogP contribution in [-0.2, 0) is 28.6 Å². The summed E-state index contributed by atoms with van der Waals surface area (Å²) in [5, 5.41) is 9.66. The van der Waals surface area contributed by atoms with Crippen LogP contribution in [0.15, 0.2) is 60.8 Å². The first-order chi connectivity index (χ1) is 31.1. The minimum absolute atomic E-state index is 0.0507. The SMILES string of the molecule is CC/C=C/C/C=C/C/C=C/C/C=C/C/C=C/CCCCCC(=O)OCC(COCCC(C(=O)O)[N+](C)(C)C)OC(=O)CCCCCCCCCCCCCCCCCCCCCCC. The molecule has 0 aromatic carbocycles. The van der Waals surface area contributed by atoms with E-state index in [0.29, 0.717) is 19.3 Å². The highest BCUT2D eigenvalue weighted by Crippen LogP contribution is 2.16. The first-order valence-corrected chi connectivity index (χ1v) is 26.3. The van der Waals surface area contributed by atoms with Crippen molar-refractivity contribution in [1.29, 1.82) is 0 Å². The average molecular weight is 899 g/mol. The number of allylic oxidation sites excluding steroid dienone is 10. The van der Waals surface area contributed by atoms with Crippen molar-refractivity contribution in [2.75, 3.05) is 41.0 Å². The van der Waals surface area contributed by atoms with Crippen LogP contribution in [0, 0.1) is 0 Å². The maximum absolute atomic E-state index is 12.8. The number of carboxylic acid groups (broad SMARTS) is 1. The number of likely N-dealkylation sites (N-methyl/N-ethyl adjacent to an activating group) is 1. The van der Waals surface area contributed by atoms with Gasteiger partial charge in [-0.2, -0.15) is 0 Å². The van der Waals surface area contributed by atoms with E-state index in [0.717, 1.165) is 77.0 Å². The fourth-order valence-corrected chi connectivity index (χ4v) is 7.65. The highest BCUT2D eigenvalue weighted by molar-refractivity contribution is 5.72. The first kappa shape index (κ1) is 61.0. The molecule has 0 radical (unpaired) electrons. The van der Waals surface area contributed by atoms with Gasteiger partial charge in [0, 0.05) is 19.3 Å². The molecule has 64 heavy (non-hydrogen) atoms. The second kappa shape index (κ2) is 46.6. The lowest BCUT2D eigenvalue weighted by Gasteiger charge is -2.31. The highest BCUT2D eigenvalue weighted by atomic mass is 16.6. The van der Waals surface area contributed by atoms with Gasteiger partial charge in [-0.25, -0.2) is 4.79 Å². The highest BCUT2D eigenvalue weighted by Gasteiger charge is 2.31. The van der Waals surface area contributed by atoms with Crippen molar-refractivity contribution in [2.24, 2.45) is 0 Å². The molecule has 0 aliphatic carbocycles. The number of carboxylic acids is 1. The van der Waals surface area contributed by atoms with Gasteiger partial charge in [0.15, 0.2) is 12.1 Å². The molecule has 0 aliphatic heterocycles.